The van der Waals surface area contributed by atoms with Crippen LogP contribution < -0.4 is 5.73 Å². The predicted molar refractivity (Wildman–Crippen MR) is 62.4 cm³/mol. The summed E-state index contributed by atoms with van der Waals surface area (Å²) in [6, 6.07) is 7.82. The van der Waals surface area contributed by atoms with E-state index in [-0.39, 0.29) is 0 Å². The Morgan fingerprint density at radius 1 is 1.20 bits per heavy atom. The van der Waals surface area contributed by atoms with Crippen LogP contribution in [-0.2, 0) is 5.75 Å². The first-order chi connectivity index (χ1) is 7.36. The van der Waals surface area contributed by atoms with Gasteiger partial charge in [-0.1, -0.05) is 6.07 Å². The minimum Gasteiger partial charge on any atom is -0.397 e. The zero-order chi connectivity index (χ0) is 10.5. The molecule has 4 heteroatoms. The van der Waals surface area contributed by atoms with Crippen molar-refractivity contribution in [3.8, 4) is 0 Å². The molecular formula is C11H11N3S. The maximum absolute atomic E-state index is 5.78. The van der Waals surface area contributed by atoms with Gasteiger partial charge in [-0.3, -0.25) is 9.97 Å². The molecule has 0 saturated carbocycles. The molecule has 0 spiro atoms. The van der Waals surface area contributed by atoms with E-state index in [0.717, 1.165) is 22.0 Å². The van der Waals surface area contributed by atoms with Gasteiger partial charge in [-0.15, -0.1) is 11.8 Å². The van der Waals surface area contributed by atoms with Crippen molar-refractivity contribution < 1.29 is 0 Å². The maximum atomic E-state index is 5.78. The molecule has 2 heterocycles. The van der Waals surface area contributed by atoms with Crippen LogP contribution in [0.3, 0.4) is 0 Å². The second-order valence-corrected chi connectivity index (χ2v) is 4.04. The van der Waals surface area contributed by atoms with Gasteiger partial charge in [-0.2, -0.15) is 0 Å². The summed E-state index contributed by atoms with van der Waals surface area (Å²) in [5, 5.41) is 0. The summed E-state index contributed by atoms with van der Waals surface area (Å²) in [7, 11) is 0. The van der Waals surface area contributed by atoms with Gasteiger partial charge in [0.25, 0.3) is 0 Å². The average molecular weight is 217 g/mol. The molecule has 15 heavy (non-hydrogen) atoms. The van der Waals surface area contributed by atoms with Crippen LogP contribution in [0.4, 0.5) is 5.69 Å². The van der Waals surface area contributed by atoms with E-state index < -0.39 is 0 Å². The number of nitrogen functional groups attached to an aromatic ring is 1. The number of hydrogen-bond acceptors (Lipinski definition) is 4. The Morgan fingerprint density at radius 3 is 2.87 bits per heavy atom. The first-order valence-electron chi connectivity index (χ1n) is 4.58. The number of thioether (sulfide) groups is 1. The fourth-order valence-electron chi connectivity index (χ4n) is 1.16. The highest BCUT2D eigenvalue weighted by molar-refractivity contribution is 7.98. The lowest BCUT2D eigenvalue weighted by atomic mass is 10.4. The lowest BCUT2D eigenvalue weighted by Gasteiger charge is -2.03. The summed E-state index contributed by atoms with van der Waals surface area (Å²) < 4.78 is 0. The van der Waals surface area contributed by atoms with Gasteiger partial charge in [0.1, 0.15) is 0 Å². The molecule has 2 aromatic heterocycles. The van der Waals surface area contributed by atoms with Crippen molar-refractivity contribution in [1.29, 1.82) is 0 Å². The average Bonchev–Trinajstić information content (AvgIpc) is 2.29. The maximum Gasteiger partial charge on any atom is 0.0638 e. The van der Waals surface area contributed by atoms with Crippen LogP contribution in [0, 0.1) is 0 Å². The Balaban J connectivity index is 2.03. The third-order valence-electron chi connectivity index (χ3n) is 1.91. The molecule has 0 radical (unpaired) electrons. The van der Waals surface area contributed by atoms with E-state index in [1.54, 1.807) is 30.4 Å². The van der Waals surface area contributed by atoms with Crippen LogP contribution in [0.2, 0.25) is 0 Å². The largest absolute Gasteiger partial charge is 0.397 e. The standard InChI is InChI=1S/C11H11N3S/c12-10-7-13-6-4-11(10)15-8-9-3-1-2-5-14-9/h1-7H,8,12H2. The molecule has 76 valence electrons. The summed E-state index contributed by atoms with van der Waals surface area (Å²) in [6.45, 7) is 0. The van der Waals surface area contributed by atoms with Gasteiger partial charge >= 0.3 is 0 Å². The van der Waals surface area contributed by atoms with E-state index >= 15 is 0 Å². The number of rotatable bonds is 3. The molecule has 2 aromatic rings. The van der Waals surface area contributed by atoms with Gasteiger partial charge in [0.05, 0.1) is 17.6 Å². The van der Waals surface area contributed by atoms with Gasteiger partial charge in [-0.05, 0) is 18.2 Å². The highest BCUT2D eigenvalue weighted by Crippen LogP contribution is 2.26. The lowest BCUT2D eigenvalue weighted by Crippen LogP contribution is -1.90. The normalized spacial score (nSPS) is 10.1. The van der Waals surface area contributed by atoms with Crippen molar-refractivity contribution in [2.75, 3.05) is 5.73 Å². The van der Waals surface area contributed by atoms with Crippen LogP contribution >= 0.6 is 11.8 Å². The lowest BCUT2D eigenvalue weighted by molar-refractivity contribution is 1.17. The SMILES string of the molecule is Nc1cnccc1SCc1ccccn1. The first kappa shape index (κ1) is 9.98. The number of pyridine rings is 2. The van der Waals surface area contributed by atoms with Gasteiger partial charge in [0.15, 0.2) is 0 Å². The van der Waals surface area contributed by atoms with Crippen LogP contribution in [0.1, 0.15) is 5.69 Å². The third-order valence-corrected chi connectivity index (χ3v) is 3.03. The van der Waals surface area contributed by atoms with Crippen LogP contribution in [-0.4, -0.2) is 9.97 Å². The molecule has 0 bridgehead atoms. The smallest absolute Gasteiger partial charge is 0.0638 e. The van der Waals surface area contributed by atoms with Crippen molar-refractivity contribution in [2.24, 2.45) is 0 Å². The number of hydrogen-bond donors (Lipinski definition) is 1. The Bertz CT molecular complexity index is 431. The van der Waals surface area contributed by atoms with Gasteiger partial charge in [-0.25, -0.2) is 0 Å². The van der Waals surface area contributed by atoms with E-state index in [2.05, 4.69) is 9.97 Å². The molecular weight excluding hydrogens is 206 g/mol. The van der Waals surface area contributed by atoms with E-state index in [9.17, 15) is 0 Å². The number of anilines is 1. The molecule has 2 N–H and O–H groups in total. The predicted octanol–water partition coefficient (Wildman–Crippen LogP) is 2.35. The molecule has 0 aliphatic heterocycles. The molecule has 3 nitrogen and oxygen atoms in total. The van der Waals surface area contributed by atoms with Crippen LogP contribution in [0.15, 0.2) is 47.8 Å². The van der Waals surface area contributed by atoms with Gasteiger partial charge in [0.2, 0.25) is 0 Å². The fourth-order valence-corrected chi connectivity index (χ4v) is 2.01. The Kier molecular flexibility index (Phi) is 3.19. The Labute approximate surface area is 92.8 Å². The third kappa shape index (κ3) is 2.70. The van der Waals surface area contributed by atoms with Crippen molar-refractivity contribution in [3.63, 3.8) is 0 Å². The Morgan fingerprint density at radius 2 is 2.13 bits per heavy atom. The summed E-state index contributed by atoms with van der Waals surface area (Å²) in [5.41, 5.74) is 7.56. The topological polar surface area (TPSA) is 51.8 Å². The number of nitrogens with two attached hydrogens (primary N) is 1. The molecule has 0 aliphatic rings. The van der Waals surface area contributed by atoms with Crippen molar-refractivity contribution >= 4 is 17.4 Å². The molecule has 2 rings (SSSR count). The minimum atomic E-state index is 0.721. The minimum absolute atomic E-state index is 0.721. The molecule has 0 fully saturated rings. The van der Waals surface area contributed by atoms with Crippen LogP contribution in [0.25, 0.3) is 0 Å². The second-order valence-electron chi connectivity index (χ2n) is 3.02. The fraction of sp³-hybridized carbons (Fsp3) is 0.0909. The monoisotopic (exact) mass is 217 g/mol. The first-order valence-corrected chi connectivity index (χ1v) is 5.57. The Hall–Kier alpha value is -1.55. The van der Waals surface area contributed by atoms with Gasteiger partial charge < -0.3 is 5.73 Å². The van der Waals surface area contributed by atoms with Crippen molar-refractivity contribution in [3.05, 3.63) is 48.5 Å². The number of nitrogens with zero attached hydrogens (tertiary/aromatic N) is 2. The molecule has 0 unspecified atom stereocenters. The second kappa shape index (κ2) is 4.79. The van der Waals surface area contributed by atoms with Crippen molar-refractivity contribution in [2.45, 2.75) is 10.6 Å². The van der Waals surface area contributed by atoms with Crippen LogP contribution in [0.5, 0.6) is 0 Å². The quantitative estimate of drug-likeness (QED) is 0.802. The van der Waals surface area contributed by atoms with Crippen molar-refractivity contribution in [1.82, 2.24) is 9.97 Å². The summed E-state index contributed by atoms with van der Waals surface area (Å²) in [5.74, 6) is 0.828. The zero-order valence-corrected chi connectivity index (χ0v) is 8.95. The molecule has 0 atom stereocenters. The van der Waals surface area contributed by atoms with E-state index in [4.69, 9.17) is 5.73 Å². The molecule has 0 aliphatic carbocycles. The van der Waals surface area contributed by atoms with E-state index in [1.165, 1.54) is 0 Å². The molecule has 0 saturated heterocycles. The van der Waals surface area contributed by atoms with Gasteiger partial charge in [0, 0.05) is 23.0 Å². The molecule has 0 aromatic carbocycles. The van der Waals surface area contributed by atoms with E-state index in [0.29, 0.717) is 0 Å². The summed E-state index contributed by atoms with van der Waals surface area (Å²) >= 11 is 1.67. The number of aromatic nitrogens is 2. The zero-order valence-electron chi connectivity index (χ0n) is 8.13. The summed E-state index contributed by atoms with van der Waals surface area (Å²) in [6.07, 6.45) is 5.21. The molecule has 0 amide bonds. The highest BCUT2D eigenvalue weighted by Gasteiger charge is 2.00. The highest BCUT2D eigenvalue weighted by atomic mass is 32.2. The van der Waals surface area contributed by atoms with E-state index in [1.807, 2.05) is 24.3 Å². The summed E-state index contributed by atoms with van der Waals surface area (Å²) in [4.78, 5) is 9.24.